The Kier molecular flexibility index (Phi) is 5.84. The van der Waals surface area contributed by atoms with Crippen molar-refractivity contribution in [3.8, 4) is 5.75 Å². The molecule has 4 atom stereocenters. The SMILES string of the molecule is CN(C)c1cc(N(C)C)c2c(c1O)C(O)=C1C(=O)[C@]3(O)C(O)=C(C(N)=O)C(=O)[C@@H](N(C)C)[C@@H]3C[C@@H]1C2. The second kappa shape index (κ2) is 8.24. The number of carbonyl (C=O) groups excluding carboxylic acids is 3. The normalized spacial score (nSPS) is 27.6. The molecule has 1 aromatic rings. The first kappa shape index (κ1) is 25.5. The number of amides is 1. The lowest BCUT2D eigenvalue weighted by molar-refractivity contribution is -0.153. The van der Waals surface area contributed by atoms with Crippen LogP contribution in [0.15, 0.2) is 23.0 Å². The van der Waals surface area contributed by atoms with E-state index in [-0.39, 0.29) is 29.7 Å². The molecule has 0 heterocycles. The highest BCUT2D eigenvalue weighted by molar-refractivity contribution is 6.24. The van der Waals surface area contributed by atoms with Crippen molar-refractivity contribution in [1.29, 1.82) is 0 Å². The highest BCUT2D eigenvalue weighted by atomic mass is 16.3. The number of aliphatic hydroxyl groups is 3. The molecule has 1 amide bonds. The van der Waals surface area contributed by atoms with E-state index in [4.69, 9.17) is 5.73 Å². The van der Waals surface area contributed by atoms with Crippen LogP contribution in [0.4, 0.5) is 11.4 Å². The van der Waals surface area contributed by atoms with Crippen molar-refractivity contribution in [2.45, 2.75) is 24.5 Å². The molecule has 0 radical (unpaired) electrons. The van der Waals surface area contributed by atoms with Gasteiger partial charge in [-0.2, -0.15) is 0 Å². The number of phenols is 1. The zero-order valence-electron chi connectivity index (χ0n) is 21.2. The Morgan fingerprint density at radius 2 is 1.61 bits per heavy atom. The molecule has 11 nitrogen and oxygen atoms in total. The van der Waals surface area contributed by atoms with E-state index in [9.17, 15) is 34.8 Å². The van der Waals surface area contributed by atoms with E-state index in [0.29, 0.717) is 11.3 Å². The lowest BCUT2D eigenvalue weighted by Gasteiger charge is -2.50. The molecule has 0 aromatic heterocycles. The Morgan fingerprint density at radius 1 is 1.03 bits per heavy atom. The number of nitrogens with zero attached hydrogens (tertiary/aromatic N) is 3. The van der Waals surface area contributed by atoms with E-state index in [1.54, 1.807) is 39.2 Å². The molecule has 1 fully saturated rings. The zero-order chi connectivity index (χ0) is 27.0. The van der Waals surface area contributed by atoms with Gasteiger partial charge in [-0.15, -0.1) is 0 Å². The van der Waals surface area contributed by atoms with Gasteiger partial charge in [-0.1, -0.05) is 0 Å². The summed E-state index contributed by atoms with van der Waals surface area (Å²) in [7, 11) is 10.2. The van der Waals surface area contributed by atoms with Crippen molar-refractivity contribution in [1.82, 2.24) is 4.90 Å². The highest BCUT2D eigenvalue weighted by Crippen LogP contribution is 2.54. The third kappa shape index (κ3) is 3.22. The average Bonchev–Trinajstić information content (AvgIpc) is 2.75. The molecule has 0 spiro atoms. The number of Topliss-reactive ketones (excluding diaryl/α,β-unsaturated/α-hetero) is 2. The van der Waals surface area contributed by atoms with E-state index in [0.717, 1.165) is 5.69 Å². The number of aromatic hydroxyl groups is 1. The number of benzene rings is 1. The molecule has 11 heteroatoms. The van der Waals surface area contributed by atoms with Gasteiger partial charge in [0.25, 0.3) is 5.91 Å². The number of rotatable bonds is 4. The number of carbonyl (C=O) groups is 3. The van der Waals surface area contributed by atoms with Crippen LogP contribution in [0.2, 0.25) is 0 Å². The molecule has 4 rings (SSSR count). The quantitative estimate of drug-likeness (QED) is 0.358. The number of phenolic OH excluding ortho intramolecular Hbond substituents is 1. The van der Waals surface area contributed by atoms with Crippen LogP contribution in [-0.2, 0) is 20.8 Å². The van der Waals surface area contributed by atoms with Crippen molar-refractivity contribution in [2.75, 3.05) is 52.1 Å². The number of aliphatic hydroxyl groups excluding tert-OH is 2. The van der Waals surface area contributed by atoms with Gasteiger partial charge in [-0.25, -0.2) is 0 Å². The van der Waals surface area contributed by atoms with Crippen LogP contribution in [-0.4, -0.2) is 96.7 Å². The van der Waals surface area contributed by atoms with E-state index in [1.165, 1.54) is 4.90 Å². The van der Waals surface area contributed by atoms with Crippen LogP contribution >= 0.6 is 0 Å². The Bertz CT molecular complexity index is 1260. The molecule has 36 heavy (non-hydrogen) atoms. The summed E-state index contributed by atoms with van der Waals surface area (Å²) in [4.78, 5) is 44.1. The second-order valence-corrected chi connectivity index (χ2v) is 10.4. The summed E-state index contributed by atoms with van der Waals surface area (Å²) in [6.07, 6.45) is 0.290. The summed E-state index contributed by atoms with van der Waals surface area (Å²) >= 11 is 0. The molecule has 1 aromatic carbocycles. The van der Waals surface area contributed by atoms with Gasteiger partial charge in [-0.3, -0.25) is 19.3 Å². The fourth-order valence-corrected chi connectivity index (χ4v) is 6.02. The van der Waals surface area contributed by atoms with Gasteiger partial charge >= 0.3 is 0 Å². The monoisotopic (exact) mass is 500 g/mol. The second-order valence-electron chi connectivity index (χ2n) is 10.4. The Hall–Kier alpha value is -3.57. The number of ketones is 2. The number of anilines is 2. The maximum absolute atomic E-state index is 13.9. The lowest BCUT2D eigenvalue weighted by Crippen LogP contribution is -2.65. The molecule has 3 aliphatic rings. The smallest absolute Gasteiger partial charge is 0.255 e. The third-order valence-corrected chi connectivity index (χ3v) is 7.64. The minimum Gasteiger partial charge on any atom is -0.508 e. The number of primary amides is 1. The van der Waals surface area contributed by atoms with E-state index >= 15 is 0 Å². The Balaban J connectivity index is 2.02. The topological polar surface area (TPSA) is 168 Å². The minimum absolute atomic E-state index is 0.0504. The highest BCUT2D eigenvalue weighted by Gasteiger charge is 2.64. The largest absolute Gasteiger partial charge is 0.508 e. The molecule has 0 saturated heterocycles. The van der Waals surface area contributed by atoms with Crippen LogP contribution in [0, 0.1) is 11.8 Å². The zero-order valence-corrected chi connectivity index (χ0v) is 21.2. The standard InChI is InChI=1S/C25H32N4O7/c1-27(2)13-9-14(28(3)4)19(30)16-11(13)7-10-8-12-18(29(5)6)21(32)17(24(26)35)23(34)25(12,36)22(33)15(10)20(16)31/h9-10,12,18,30-31,34,36H,7-8H2,1-6H3,(H2,26,35)/t10-,12-,18-,25-/m0/s1. The van der Waals surface area contributed by atoms with Crippen LogP contribution in [0.1, 0.15) is 17.5 Å². The van der Waals surface area contributed by atoms with Crippen molar-refractivity contribution >= 4 is 34.6 Å². The molecule has 1 saturated carbocycles. The number of hydrogen-bond donors (Lipinski definition) is 5. The first-order valence-corrected chi connectivity index (χ1v) is 11.5. The van der Waals surface area contributed by atoms with Gasteiger partial charge in [0, 0.05) is 45.4 Å². The van der Waals surface area contributed by atoms with Gasteiger partial charge in [0.1, 0.15) is 22.8 Å². The van der Waals surface area contributed by atoms with Crippen molar-refractivity contribution < 1.29 is 34.8 Å². The first-order valence-electron chi connectivity index (χ1n) is 11.5. The van der Waals surface area contributed by atoms with E-state index in [2.05, 4.69) is 0 Å². The lowest BCUT2D eigenvalue weighted by atomic mass is 9.57. The summed E-state index contributed by atoms with van der Waals surface area (Å²) in [6, 6.07) is 0.675. The maximum atomic E-state index is 13.9. The van der Waals surface area contributed by atoms with Crippen molar-refractivity contribution in [2.24, 2.45) is 17.6 Å². The number of hydrogen-bond acceptors (Lipinski definition) is 10. The fraction of sp³-hybridized carbons (Fsp3) is 0.480. The number of likely N-dealkylation sites (N-methyl/N-ethyl adjacent to an activating group) is 1. The molecule has 0 aliphatic heterocycles. The summed E-state index contributed by atoms with van der Waals surface area (Å²) < 4.78 is 0. The van der Waals surface area contributed by atoms with Crippen molar-refractivity contribution in [3.05, 3.63) is 34.1 Å². The van der Waals surface area contributed by atoms with Gasteiger partial charge in [-0.05, 0) is 44.5 Å². The minimum atomic E-state index is -2.65. The van der Waals surface area contributed by atoms with Gasteiger partial charge in [0.2, 0.25) is 5.78 Å². The molecular weight excluding hydrogens is 468 g/mol. The van der Waals surface area contributed by atoms with Crippen molar-refractivity contribution in [3.63, 3.8) is 0 Å². The molecule has 3 aliphatic carbocycles. The predicted octanol–water partition coefficient (Wildman–Crippen LogP) is 0.0960. The summed E-state index contributed by atoms with van der Waals surface area (Å²) in [5, 5.41) is 45.0. The molecule has 0 bridgehead atoms. The van der Waals surface area contributed by atoms with Crippen LogP contribution < -0.4 is 15.5 Å². The summed E-state index contributed by atoms with van der Waals surface area (Å²) in [5.41, 5.74) is 3.53. The van der Waals surface area contributed by atoms with Gasteiger partial charge in [0.15, 0.2) is 11.4 Å². The van der Waals surface area contributed by atoms with Crippen LogP contribution in [0.25, 0.3) is 5.76 Å². The van der Waals surface area contributed by atoms with E-state index < -0.39 is 58.0 Å². The van der Waals surface area contributed by atoms with Crippen LogP contribution in [0.5, 0.6) is 5.75 Å². The summed E-state index contributed by atoms with van der Waals surface area (Å²) in [5.74, 6) is -6.61. The predicted molar refractivity (Wildman–Crippen MR) is 133 cm³/mol. The number of fused-ring (bicyclic) bond motifs is 3. The average molecular weight is 501 g/mol. The molecule has 0 unspecified atom stereocenters. The van der Waals surface area contributed by atoms with Gasteiger partial charge < -0.3 is 36.0 Å². The third-order valence-electron chi connectivity index (χ3n) is 7.64. The van der Waals surface area contributed by atoms with Gasteiger partial charge in [0.05, 0.1) is 17.3 Å². The molecule has 6 N–H and O–H groups in total. The Labute approximate surface area is 208 Å². The van der Waals surface area contributed by atoms with Crippen LogP contribution in [0.3, 0.4) is 0 Å². The summed E-state index contributed by atoms with van der Waals surface area (Å²) in [6.45, 7) is 0. The number of nitrogens with two attached hydrogens (primary N) is 1. The molecular formula is C25H32N4O7. The maximum Gasteiger partial charge on any atom is 0.255 e. The molecule has 194 valence electrons. The first-order chi connectivity index (χ1) is 16.7. The fourth-order valence-electron chi connectivity index (χ4n) is 6.02. The van der Waals surface area contributed by atoms with E-state index in [1.807, 2.05) is 19.0 Å². The Morgan fingerprint density at radius 3 is 2.11 bits per heavy atom.